The number of carbonyl (C=O) groups excluding carboxylic acids is 1. The lowest BCUT2D eigenvalue weighted by atomic mass is 10.0. The maximum atomic E-state index is 13.6. The summed E-state index contributed by atoms with van der Waals surface area (Å²) in [6.45, 7) is 1.72. The Balaban J connectivity index is 2.62. The van der Waals surface area contributed by atoms with Gasteiger partial charge in [0.1, 0.15) is 11.6 Å². The van der Waals surface area contributed by atoms with Crippen LogP contribution in [-0.4, -0.2) is 23.7 Å². The number of carboxylic acids is 1. The molecule has 5 nitrogen and oxygen atoms in total. The van der Waals surface area contributed by atoms with Gasteiger partial charge < -0.3 is 15.7 Å². The van der Waals surface area contributed by atoms with E-state index >= 15 is 0 Å². The fourth-order valence-corrected chi connectivity index (χ4v) is 1.68. The molecule has 110 valence electrons. The largest absolute Gasteiger partial charge is 0.481 e. The summed E-state index contributed by atoms with van der Waals surface area (Å²) >= 11 is 0. The van der Waals surface area contributed by atoms with Crippen molar-refractivity contribution in [1.82, 2.24) is 10.6 Å². The minimum Gasteiger partial charge on any atom is -0.481 e. The molecule has 0 fully saturated rings. The number of rotatable bonds is 6. The number of carbonyl (C=O) groups is 2. The third-order valence-corrected chi connectivity index (χ3v) is 2.68. The number of nitrogens with one attached hydrogen (secondary N) is 2. The van der Waals surface area contributed by atoms with E-state index in [0.717, 1.165) is 12.1 Å². The first kappa shape index (κ1) is 15.9. The number of aliphatic carboxylic acids is 1. The zero-order chi connectivity index (χ0) is 15.1. The summed E-state index contributed by atoms with van der Waals surface area (Å²) < 4.78 is 26.4. The average Bonchev–Trinajstić information content (AvgIpc) is 2.36. The number of hydrogen-bond acceptors (Lipinski definition) is 2. The van der Waals surface area contributed by atoms with Gasteiger partial charge in [0.15, 0.2) is 0 Å². The Morgan fingerprint density at radius 3 is 2.60 bits per heavy atom. The standard InChI is InChI=1S/C13H16F2N2O3/c1-2-11(9-4-3-8(14)7-10(9)15)17-13(20)16-6-5-12(18)19/h3-4,7,11H,2,5-6H2,1H3,(H,18,19)(H2,16,17,20). The highest BCUT2D eigenvalue weighted by Gasteiger charge is 2.16. The van der Waals surface area contributed by atoms with Crippen LogP contribution in [0.15, 0.2) is 18.2 Å². The van der Waals surface area contributed by atoms with Crippen molar-refractivity contribution in [2.45, 2.75) is 25.8 Å². The van der Waals surface area contributed by atoms with Gasteiger partial charge in [-0.2, -0.15) is 0 Å². The third-order valence-electron chi connectivity index (χ3n) is 2.68. The quantitative estimate of drug-likeness (QED) is 0.750. The second-order valence-electron chi connectivity index (χ2n) is 4.17. The predicted octanol–water partition coefficient (Wildman–Crippen LogP) is 2.19. The number of halogens is 2. The van der Waals surface area contributed by atoms with E-state index in [9.17, 15) is 18.4 Å². The molecule has 1 atom stereocenters. The molecule has 20 heavy (non-hydrogen) atoms. The summed E-state index contributed by atoms with van der Waals surface area (Å²) in [6, 6.07) is 1.94. The van der Waals surface area contributed by atoms with Crippen LogP contribution in [-0.2, 0) is 4.79 Å². The molecule has 0 aliphatic rings. The van der Waals surface area contributed by atoms with Crippen molar-refractivity contribution in [2.24, 2.45) is 0 Å². The molecule has 3 N–H and O–H groups in total. The van der Waals surface area contributed by atoms with Crippen molar-refractivity contribution in [1.29, 1.82) is 0 Å². The van der Waals surface area contributed by atoms with Crippen molar-refractivity contribution in [3.05, 3.63) is 35.4 Å². The van der Waals surface area contributed by atoms with Crippen LogP contribution < -0.4 is 10.6 Å². The van der Waals surface area contributed by atoms with Crippen LogP contribution in [0.2, 0.25) is 0 Å². The second-order valence-corrected chi connectivity index (χ2v) is 4.17. The molecule has 0 saturated heterocycles. The SMILES string of the molecule is CCC(NC(=O)NCCC(=O)O)c1ccc(F)cc1F. The van der Waals surface area contributed by atoms with E-state index in [0.29, 0.717) is 6.42 Å². The van der Waals surface area contributed by atoms with Crippen LogP contribution in [0.25, 0.3) is 0 Å². The Morgan fingerprint density at radius 2 is 2.05 bits per heavy atom. The molecule has 1 unspecified atom stereocenters. The lowest BCUT2D eigenvalue weighted by molar-refractivity contribution is -0.136. The summed E-state index contributed by atoms with van der Waals surface area (Å²) in [5.74, 6) is -2.45. The topological polar surface area (TPSA) is 78.4 Å². The van der Waals surface area contributed by atoms with Gasteiger partial charge >= 0.3 is 12.0 Å². The molecule has 2 amide bonds. The molecule has 0 heterocycles. The molecular formula is C13H16F2N2O3. The molecule has 1 rings (SSSR count). The Labute approximate surface area is 115 Å². The van der Waals surface area contributed by atoms with Gasteiger partial charge in [0.2, 0.25) is 0 Å². The van der Waals surface area contributed by atoms with Crippen molar-refractivity contribution in [3.8, 4) is 0 Å². The van der Waals surface area contributed by atoms with Crippen molar-refractivity contribution < 1.29 is 23.5 Å². The first-order valence-corrected chi connectivity index (χ1v) is 6.15. The Kier molecular flexibility index (Phi) is 5.89. The maximum absolute atomic E-state index is 13.6. The molecule has 1 aromatic rings. The lowest BCUT2D eigenvalue weighted by Gasteiger charge is -2.18. The van der Waals surface area contributed by atoms with Gasteiger partial charge in [0.05, 0.1) is 12.5 Å². The molecule has 1 aromatic carbocycles. The van der Waals surface area contributed by atoms with E-state index in [1.807, 2.05) is 0 Å². The summed E-state index contributed by atoms with van der Waals surface area (Å²) in [4.78, 5) is 21.8. The Bertz CT molecular complexity index is 495. The number of carboxylic acid groups (broad SMARTS) is 1. The maximum Gasteiger partial charge on any atom is 0.315 e. The van der Waals surface area contributed by atoms with Crippen LogP contribution in [0, 0.1) is 11.6 Å². The van der Waals surface area contributed by atoms with Gasteiger partial charge in [-0.15, -0.1) is 0 Å². The summed E-state index contributed by atoms with van der Waals surface area (Å²) in [5, 5.41) is 13.3. The highest BCUT2D eigenvalue weighted by Crippen LogP contribution is 2.20. The summed E-state index contributed by atoms with van der Waals surface area (Å²) in [6.07, 6.45) is 0.212. The number of benzene rings is 1. The van der Waals surface area contributed by atoms with E-state index in [1.54, 1.807) is 6.92 Å². The molecule has 0 aliphatic carbocycles. The monoisotopic (exact) mass is 286 g/mol. The van der Waals surface area contributed by atoms with Gasteiger partial charge in [0.25, 0.3) is 0 Å². The van der Waals surface area contributed by atoms with Gasteiger partial charge in [-0.25, -0.2) is 13.6 Å². The molecular weight excluding hydrogens is 270 g/mol. The average molecular weight is 286 g/mol. The van der Waals surface area contributed by atoms with E-state index < -0.39 is 29.7 Å². The first-order valence-electron chi connectivity index (χ1n) is 6.15. The minimum atomic E-state index is -1.03. The first-order chi connectivity index (χ1) is 9.43. The Morgan fingerprint density at radius 1 is 1.35 bits per heavy atom. The molecule has 0 bridgehead atoms. The van der Waals surface area contributed by atoms with E-state index in [1.165, 1.54) is 6.07 Å². The zero-order valence-corrected chi connectivity index (χ0v) is 11.0. The van der Waals surface area contributed by atoms with Gasteiger partial charge in [-0.1, -0.05) is 13.0 Å². The van der Waals surface area contributed by atoms with Crippen LogP contribution in [0.3, 0.4) is 0 Å². The molecule has 0 radical (unpaired) electrons. The predicted molar refractivity (Wildman–Crippen MR) is 68.2 cm³/mol. The normalized spacial score (nSPS) is 11.8. The van der Waals surface area contributed by atoms with E-state index in [2.05, 4.69) is 10.6 Å². The zero-order valence-electron chi connectivity index (χ0n) is 11.0. The summed E-state index contributed by atoms with van der Waals surface area (Å²) in [5.41, 5.74) is 0.183. The number of hydrogen-bond donors (Lipinski definition) is 3. The molecule has 0 saturated carbocycles. The van der Waals surface area contributed by atoms with Crippen molar-refractivity contribution in [2.75, 3.05) is 6.54 Å². The fourth-order valence-electron chi connectivity index (χ4n) is 1.68. The molecule has 0 spiro atoms. The fraction of sp³-hybridized carbons (Fsp3) is 0.385. The molecule has 0 aliphatic heterocycles. The van der Waals surface area contributed by atoms with E-state index in [4.69, 9.17) is 5.11 Å². The molecule has 0 aromatic heterocycles. The highest BCUT2D eigenvalue weighted by molar-refractivity contribution is 5.75. The number of amides is 2. The summed E-state index contributed by atoms with van der Waals surface area (Å²) in [7, 11) is 0. The number of urea groups is 1. The van der Waals surface area contributed by atoms with E-state index in [-0.39, 0.29) is 18.5 Å². The van der Waals surface area contributed by atoms with Crippen molar-refractivity contribution >= 4 is 12.0 Å². The van der Waals surface area contributed by atoms with Crippen LogP contribution in [0.5, 0.6) is 0 Å². The van der Waals surface area contributed by atoms with Gasteiger partial charge in [0, 0.05) is 18.2 Å². The second kappa shape index (κ2) is 7.42. The Hall–Kier alpha value is -2.18. The minimum absolute atomic E-state index is 0.0243. The molecule has 7 heteroatoms. The van der Waals surface area contributed by atoms with Gasteiger partial charge in [-0.3, -0.25) is 4.79 Å². The van der Waals surface area contributed by atoms with Crippen molar-refractivity contribution in [3.63, 3.8) is 0 Å². The lowest BCUT2D eigenvalue weighted by Crippen LogP contribution is -2.39. The van der Waals surface area contributed by atoms with Crippen LogP contribution in [0.4, 0.5) is 13.6 Å². The van der Waals surface area contributed by atoms with Crippen LogP contribution >= 0.6 is 0 Å². The third kappa shape index (κ3) is 4.83. The smallest absolute Gasteiger partial charge is 0.315 e. The highest BCUT2D eigenvalue weighted by atomic mass is 19.1. The van der Waals surface area contributed by atoms with Crippen LogP contribution in [0.1, 0.15) is 31.4 Å². The van der Waals surface area contributed by atoms with Gasteiger partial charge in [-0.05, 0) is 12.5 Å².